The fourth-order valence-electron chi connectivity index (χ4n) is 2.88. The van der Waals surface area contributed by atoms with Crippen molar-refractivity contribution in [3.8, 4) is 11.8 Å². The number of pyridine rings is 1. The first-order chi connectivity index (χ1) is 13.6. The summed E-state index contributed by atoms with van der Waals surface area (Å²) in [7, 11) is 0. The van der Waals surface area contributed by atoms with E-state index >= 15 is 0 Å². The van der Waals surface area contributed by atoms with Crippen molar-refractivity contribution in [1.82, 2.24) is 10.3 Å². The van der Waals surface area contributed by atoms with Crippen molar-refractivity contribution in [1.29, 1.82) is 0 Å². The minimum absolute atomic E-state index is 0.208. The molecule has 1 aliphatic rings. The molecule has 1 aliphatic heterocycles. The number of amides is 1. The summed E-state index contributed by atoms with van der Waals surface area (Å²) in [6.45, 7) is 2.17. The summed E-state index contributed by atoms with van der Waals surface area (Å²) in [5.74, 6) is 6.67. The third-order valence-corrected chi connectivity index (χ3v) is 5.35. The van der Waals surface area contributed by atoms with Crippen LogP contribution < -0.4 is 5.32 Å². The molecule has 0 atom stereocenters. The van der Waals surface area contributed by atoms with E-state index in [1.807, 2.05) is 18.2 Å². The molecule has 0 unspecified atom stereocenters. The van der Waals surface area contributed by atoms with E-state index in [9.17, 15) is 4.79 Å². The first kappa shape index (κ1) is 18.5. The molecule has 28 heavy (non-hydrogen) atoms. The highest BCUT2D eigenvalue weighted by molar-refractivity contribution is 8.26. The van der Waals surface area contributed by atoms with Crippen LogP contribution in [0.3, 0.4) is 0 Å². The van der Waals surface area contributed by atoms with E-state index < -0.39 is 0 Å². The molecule has 0 saturated carbocycles. The number of benzene rings is 1. The van der Waals surface area contributed by atoms with Crippen LogP contribution in [0.4, 0.5) is 0 Å². The van der Waals surface area contributed by atoms with Gasteiger partial charge in [-0.05, 0) is 30.2 Å². The molecule has 0 spiro atoms. The Balaban J connectivity index is 1.64. The van der Waals surface area contributed by atoms with Gasteiger partial charge >= 0.3 is 0 Å². The molecule has 4 rings (SSSR count). The van der Waals surface area contributed by atoms with Crippen LogP contribution >= 0.6 is 24.0 Å². The maximum atomic E-state index is 11.8. The molecule has 0 radical (unpaired) electrons. The maximum absolute atomic E-state index is 11.8. The Hall–Kier alpha value is -2.88. The third kappa shape index (κ3) is 4.01. The number of nitrogens with zero attached hydrogens (tertiary/aromatic N) is 1. The van der Waals surface area contributed by atoms with Crippen molar-refractivity contribution in [3.63, 3.8) is 0 Å². The Morgan fingerprint density at radius 2 is 2.07 bits per heavy atom. The SMILES string of the molecule is CCCc1ccc(C#Cc2cncc3cc(/C=C4\SC(=S)NC4=O)oc23)cc1. The van der Waals surface area contributed by atoms with Gasteiger partial charge in [-0.2, -0.15) is 0 Å². The van der Waals surface area contributed by atoms with E-state index in [2.05, 4.69) is 41.2 Å². The molecule has 3 heterocycles. The molecule has 1 N–H and O–H groups in total. The van der Waals surface area contributed by atoms with Crippen LogP contribution in [-0.2, 0) is 11.2 Å². The number of thiocarbonyl (C=S) groups is 1. The van der Waals surface area contributed by atoms with Crippen molar-refractivity contribution in [2.24, 2.45) is 0 Å². The fourth-order valence-corrected chi connectivity index (χ4v) is 3.90. The number of aromatic nitrogens is 1. The van der Waals surface area contributed by atoms with E-state index in [0.717, 1.165) is 23.8 Å². The molecule has 1 saturated heterocycles. The van der Waals surface area contributed by atoms with Crippen LogP contribution in [0.1, 0.15) is 35.8 Å². The second-order valence-electron chi connectivity index (χ2n) is 6.30. The average molecular weight is 405 g/mol. The van der Waals surface area contributed by atoms with Crippen LogP contribution in [0.25, 0.3) is 17.0 Å². The number of furan rings is 1. The smallest absolute Gasteiger partial charge is 0.263 e. The number of hydrogen-bond donors (Lipinski definition) is 1. The number of rotatable bonds is 3. The van der Waals surface area contributed by atoms with Crippen molar-refractivity contribution in [3.05, 3.63) is 70.1 Å². The van der Waals surface area contributed by atoms with Gasteiger partial charge < -0.3 is 9.73 Å². The van der Waals surface area contributed by atoms with Crippen LogP contribution in [0.15, 0.2) is 52.0 Å². The van der Waals surface area contributed by atoms with E-state index in [0.29, 0.717) is 26.1 Å². The Labute approximate surface area is 172 Å². The molecule has 6 heteroatoms. The maximum Gasteiger partial charge on any atom is 0.263 e. The lowest BCUT2D eigenvalue weighted by molar-refractivity contribution is -0.115. The third-order valence-electron chi connectivity index (χ3n) is 4.19. The molecule has 2 aromatic heterocycles. The standard InChI is InChI=1S/C22H16N2O2S2/c1-2-3-14-4-6-15(7-5-14)8-9-16-12-23-13-17-10-18(26-20(16)17)11-19-21(25)24-22(27)28-19/h4-7,10-13H,2-3H2,1H3,(H,24,25,27)/b19-11-. The normalized spacial score (nSPS) is 15.0. The van der Waals surface area contributed by atoms with E-state index in [1.54, 1.807) is 18.5 Å². The predicted octanol–water partition coefficient (Wildman–Crippen LogP) is 4.67. The lowest BCUT2D eigenvalue weighted by Crippen LogP contribution is -2.17. The largest absolute Gasteiger partial charge is 0.455 e. The van der Waals surface area contributed by atoms with E-state index in [-0.39, 0.29) is 5.91 Å². The Morgan fingerprint density at radius 3 is 2.79 bits per heavy atom. The summed E-state index contributed by atoms with van der Waals surface area (Å²) >= 11 is 6.23. The molecule has 3 aromatic rings. The van der Waals surface area contributed by atoms with Crippen molar-refractivity contribution in [2.45, 2.75) is 19.8 Å². The lowest BCUT2D eigenvalue weighted by Gasteiger charge is -1.97. The summed E-state index contributed by atoms with van der Waals surface area (Å²) in [6, 6.07) is 10.1. The van der Waals surface area contributed by atoms with Crippen LogP contribution in [-0.4, -0.2) is 15.2 Å². The highest BCUT2D eigenvalue weighted by Gasteiger charge is 2.22. The van der Waals surface area contributed by atoms with Crippen molar-refractivity contribution < 1.29 is 9.21 Å². The van der Waals surface area contributed by atoms with Crippen LogP contribution in [0, 0.1) is 11.8 Å². The Kier molecular flexibility index (Phi) is 5.29. The Bertz CT molecular complexity index is 1160. The molecule has 138 valence electrons. The molecule has 4 nitrogen and oxygen atoms in total. The second kappa shape index (κ2) is 8.01. The zero-order chi connectivity index (χ0) is 19.5. The van der Waals surface area contributed by atoms with Gasteiger partial charge in [0.05, 0.1) is 10.5 Å². The summed E-state index contributed by atoms with van der Waals surface area (Å²) in [6.07, 6.45) is 7.29. The van der Waals surface area contributed by atoms with Gasteiger partial charge in [0.15, 0.2) is 5.58 Å². The number of nitrogens with one attached hydrogen (secondary N) is 1. The van der Waals surface area contributed by atoms with Crippen LogP contribution in [0.5, 0.6) is 0 Å². The first-order valence-electron chi connectivity index (χ1n) is 8.86. The summed E-state index contributed by atoms with van der Waals surface area (Å²) in [4.78, 5) is 16.6. The fraction of sp³-hybridized carbons (Fsp3) is 0.136. The minimum Gasteiger partial charge on any atom is -0.455 e. The number of hydrogen-bond acceptors (Lipinski definition) is 5. The molecule has 0 aliphatic carbocycles. The minimum atomic E-state index is -0.208. The number of aryl methyl sites for hydroxylation is 1. The zero-order valence-electron chi connectivity index (χ0n) is 15.1. The predicted molar refractivity (Wildman–Crippen MR) is 117 cm³/mol. The molecule has 1 aromatic carbocycles. The average Bonchev–Trinajstić information content (AvgIpc) is 3.24. The number of thioether (sulfide) groups is 1. The summed E-state index contributed by atoms with van der Waals surface area (Å²) in [5.41, 5.74) is 3.62. The molecule has 1 amide bonds. The van der Waals surface area contributed by atoms with Gasteiger partial charge in [-0.15, -0.1) is 0 Å². The van der Waals surface area contributed by atoms with Gasteiger partial charge in [-0.1, -0.05) is 61.3 Å². The van der Waals surface area contributed by atoms with Crippen molar-refractivity contribution in [2.75, 3.05) is 0 Å². The highest BCUT2D eigenvalue weighted by Crippen LogP contribution is 2.29. The van der Waals surface area contributed by atoms with Gasteiger partial charge in [0.1, 0.15) is 10.1 Å². The van der Waals surface area contributed by atoms with Gasteiger partial charge in [-0.25, -0.2) is 0 Å². The molecular weight excluding hydrogens is 388 g/mol. The number of carbonyl (C=O) groups is 1. The monoisotopic (exact) mass is 404 g/mol. The quantitative estimate of drug-likeness (QED) is 0.391. The van der Waals surface area contributed by atoms with Gasteiger partial charge in [0.25, 0.3) is 5.91 Å². The number of fused-ring (bicyclic) bond motifs is 1. The lowest BCUT2D eigenvalue weighted by atomic mass is 10.1. The molecule has 0 bridgehead atoms. The van der Waals surface area contributed by atoms with Gasteiger partial charge in [0.2, 0.25) is 0 Å². The zero-order valence-corrected chi connectivity index (χ0v) is 16.7. The molecule has 1 fully saturated rings. The molecular formula is C22H16N2O2S2. The summed E-state index contributed by atoms with van der Waals surface area (Å²) in [5, 5.41) is 3.43. The Morgan fingerprint density at radius 1 is 1.25 bits per heavy atom. The van der Waals surface area contributed by atoms with Gasteiger partial charge in [-0.3, -0.25) is 9.78 Å². The summed E-state index contributed by atoms with van der Waals surface area (Å²) < 4.78 is 6.38. The van der Waals surface area contributed by atoms with Crippen molar-refractivity contribution >= 4 is 51.3 Å². The topological polar surface area (TPSA) is 55.1 Å². The van der Waals surface area contributed by atoms with E-state index in [4.69, 9.17) is 16.6 Å². The van der Waals surface area contributed by atoms with Crippen LogP contribution in [0.2, 0.25) is 0 Å². The highest BCUT2D eigenvalue weighted by atomic mass is 32.2. The second-order valence-corrected chi connectivity index (χ2v) is 8.02. The van der Waals surface area contributed by atoms with Gasteiger partial charge in [0, 0.05) is 29.4 Å². The van der Waals surface area contributed by atoms with E-state index in [1.165, 1.54) is 17.3 Å². The first-order valence-corrected chi connectivity index (χ1v) is 10.1. The number of carbonyl (C=O) groups excluding carboxylic acids is 1.